The second kappa shape index (κ2) is 8.10. The molecular weight excluding hydrogens is 201 g/mol. The normalized spacial score (nSPS) is 10.2. The Labute approximate surface area is 76.1 Å². The van der Waals surface area contributed by atoms with Crippen LogP contribution in [0.1, 0.15) is 12.8 Å². The van der Waals surface area contributed by atoms with Crippen molar-refractivity contribution in [1.82, 2.24) is 0 Å². The van der Waals surface area contributed by atoms with E-state index < -0.39 is 7.99 Å². The zero-order valence-corrected chi connectivity index (χ0v) is 7.96. The molecule has 0 aromatic carbocycles. The van der Waals surface area contributed by atoms with Crippen LogP contribution >= 0.6 is 7.99 Å². The van der Waals surface area contributed by atoms with E-state index in [9.17, 15) is 8.39 Å². The Bertz CT molecular complexity index is 172. The standard InChI is InChI=1S/C7H12O.F2HO2P/c1-3-5-7(8)6-4-2;1-5(2,3)4/h3-4,7-8H,1-2,5-6H2;(H,3,4). The fraction of sp³-hybridized carbons (Fsp3) is 0.429. The van der Waals surface area contributed by atoms with Crippen LogP contribution in [-0.2, 0) is 4.57 Å². The molecule has 0 amide bonds. The summed E-state index contributed by atoms with van der Waals surface area (Å²) in [6.07, 6.45) is 4.45. The molecule has 0 unspecified atom stereocenters. The molecule has 6 heteroatoms. The minimum atomic E-state index is -5.64. The molecule has 78 valence electrons. The average molecular weight is 214 g/mol. The largest absolute Gasteiger partial charge is 0.549 e. The van der Waals surface area contributed by atoms with Gasteiger partial charge >= 0.3 is 7.99 Å². The highest BCUT2D eigenvalue weighted by molar-refractivity contribution is 7.46. The van der Waals surface area contributed by atoms with Crippen molar-refractivity contribution in [2.75, 3.05) is 0 Å². The van der Waals surface area contributed by atoms with Crippen molar-refractivity contribution in [1.29, 1.82) is 0 Å². The lowest BCUT2D eigenvalue weighted by atomic mass is 10.2. The first-order valence-corrected chi connectivity index (χ1v) is 4.87. The van der Waals surface area contributed by atoms with Gasteiger partial charge in [0.1, 0.15) is 0 Å². The van der Waals surface area contributed by atoms with Crippen LogP contribution in [-0.4, -0.2) is 16.1 Å². The van der Waals surface area contributed by atoms with Crippen LogP contribution in [0.25, 0.3) is 0 Å². The number of aliphatic hydroxyl groups excluding tert-OH is 1. The van der Waals surface area contributed by atoms with E-state index in [1.807, 2.05) is 0 Å². The smallest absolute Gasteiger partial charge is 0.392 e. The molecule has 0 spiro atoms. The zero-order chi connectivity index (χ0) is 10.9. The number of rotatable bonds is 4. The molecule has 0 aliphatic rings. The Morgan fingerprint density at radius 2 is 1.54 bits per heavy atom. The summed E-state index contributed by atoms with van der Waals surface area (Å²) in [5.74, 6) is 0. The minimum absolute atomic E-state index is 0.273. The van der Waals surface area contributed by atoms with Crippen LogP contribution in [0.15, 0.2) is 25.3 Å². The summed E-state index contributed by atoms with van der Waals surface area (Å²) in [6, 6.07) is 0. The fourth-order valence-electron chi connectivity index (χ4n) is 0.481. The molecule has 0 aliphatic carbocycles. The van der Waals surface area contributed by atoms with Gasteiger partial charge in [0.05, 0.1) is 6.10 Å². The third-order valence-corrected chi connectivity index (χ3v) is 0.877. The summed E-state index contributed by atoms with van der Waals surface area (Å²) in [7, 11) is -5.64. The van der Waals surface area contributed by atoms with Crippen molar-refractivity contribution in [3.05, 3.63) is 25.3 Å². The van der Waals surface area contributed by atoms with Crippen molar-refractivity contribution >= 4 is 7.99 Å². The van der Waals surface area contributed by atoms with Crippen LogP contribution in [0.4, 0.5) is 8.39 Å². The van der Waals surface area contributed by atoms with Crippen LogP contribution in [0.3, 0.4) is 0 Å². The summed E-state index contributed by atoms with van der Waals surface area (Å²) in [6.45, 7) is 6.98. The van der Waals surface area contributed by atoms with E-state index in [2.05, 4.69) is 13.2 Å². The van der Waals surface area contributed by atoms with Crippen molar-refractivity contribution in [3.63, 3.8) is 0 Å². The summed E-state index contributed by atoms with van der Waals surface area (Å²) in [5, 5.41) is 8.91. The molecule has 0 radical (unpaired) electrons. The number of halogens is 2. The second-order valence-electron chi connectivity index (χ2n) is 2.14. The van der Waals surface area contributed by atoms with Gasteiger partial charge in [-0.05, 0) is 12.8 Å². The third-order valence-electron chi connectivity index (χ3n) is 0.877. The van der Waals surface area contributed by atoms with Crippen molar-refractivity contribution < 1.29 is 23.0 Å². The predicted molar refractivity (Wildman–Crippen MR) is 47.7 cm³/mol. The molecule has 0 fully saturated rings. The first-order chi connectivity index (χ1) is 5.81. The SMILES string of the molecule is C=CCC(O)CC=C.O=P(O)(F)F. The van der Waals surface area contributed by atoms with Gasteiger partial charge in [-0.1, -0.05) is 12.2 Å². The number of hydrogen-bond donors (Lipinski definition) is 2. The Morgan fingerprint density at radius 1 is 1.31 bits per heavy atom. The van der Waals surface area contributed by atoms with Crippen molar-refractivity contribution in [2.24, 2.45) is 0 Å². The van der Waals surface area contributed by atoms with Crippen LogP contribution < -0.4 is 0 Å². The van der Waals surface area contributed by atoms with Gasteiger partial charge in [0.15, 0.2) is 0 Å². The highest BCUT2D eigenvalue weighted by Gasteiger charge is 2.09. The second-order valence-corrected chi connectivity index (χ2v) is 3.01. The zero-order valence-electron chi connectivity index (χ0n) is 7.07. The molecule has 0 aromatic heterocycles. The van der Waals surface area contributed by atoms with Crippen molar-refractivity contribution in [2.45, 2.75) is 18.9 Å². The van der Waals surface area contributed by atoms with Crippen LogP contribution in [0.5, 0.6) is 0 Å². The van der Waals surface area contributed by atoms with E-state index in [4.69, 9.17) is 14.6 Å². The van der Waals surface area contributed by atoms with Gasteiger partial charge in [-0.2, -0.15) is 0 Å². The molecule has 0 rings (SSSR count). The highest BCUT2D eigenvalue weighted by atomic mass is 31.2. The molecule has 0 saturated heterocycles. The lowest BCUT2D eigenvalue weighted by Crippen LogP contribution is -2.01. The molecule has 3 nitrogen and oxygen atoms in total. The van der Waals surface area contributed by atoms with Gasteiger partial charge in [0.25, 0.3) is 0 Å². The molecule has 13 heavy (non-hydrogen) atoms. The van der Waals surface area contributed by atoms with Gasteiger partial charge in [0.2, 0.25) is 0 Å². The maximum atomic E-state index is 10.1. The maximum absolute atomic E-state index is 10.1. The van der Waals surface area contributed by atoms with Gasteiger partial charge in [-0.25, -0.2) is 4.57 Å². The monoisotopic (exact) mass is 214 g/mol. The van der Waals surface area contributed by atoms with Crippen molar-refractivity contribution in [3.8, 4) is 0 Å². The summed E-state index contributed by atoms with van der Waals surface area (Å²) >= 11 is 0. The van der Waals surface area contributed by atoms with Gasteiger partial charge < -0.3 is 5.11 Å². The Balaban J connectivity index is 0. The molecule has 0 heterocycles. The van der Waals surface area contributed by atoms with Gasteiger partial charge in [-0.3, -0.25) is 4.89 Å². The molecule has 0 aromatic rings. The molecule has 0 saturated carbocycles. The first kappa shape index (κ1) is 15.0. The highest BCUT2D eigenvalue weighted by Crippen LogP contribution is 2.43. The lowest BCUT2D eigenvalue weighted by molar-refractivity contribution is 0.181. The Kier molecular flexibility index (Phi) is 9.34. The molecular formula is C7H13F2O3P. The lowest BCUT2D eigenvalue weighted by Gasteiger charge is -2.00. The van der Waals surface area contributed by atoms with Crippen LogP contribution in [0.2, 0.25) is 0 Å². The molecule has 0 aliphatic heterocycles. The maximum Gasteiger partial charge on any atom is 0.549 e. The van der Waals surface area contributed by atoms with E-state index >= 15 is 0 Å². The van der Waals surface area contributed by atoms with Gasteiger partial charge in [0, 0.05) is 0 Å². The first-order valence-electron chi connectivity index (χ1n) is 3.43. The quantitative estimate of drug-likeness (QED) is 0.558. The van der Waals surface area contributed by atoms with E-state index in [0.29, 0.717) is 12.8 Å². The average Bonchev–Trinajstić information content (AvgIpc) is 1.84. The molecule has 0 atom stereocenters. The third kappa shape index (κ3) is 34.3. The fourth-order valence-corrected chi connectivity index (χ4v) is 0.481. The number of aliphatic hydroxyl groups is 1. The Morgan fingerprint density at radius 3 is 1.69 bits per heavy atom. The van der Waals surface area contributed by atoms with E-state index in [0.717, 1.165) is 0 Å². The minimum Gasteiger partial charge on any atom is -0.392 e. The van der Waals surface area contributed by atoms with Crippen LogP contribution in [0, 0.1) is 0 Å². The summed E-state index contributed by atoms with van der Waals surface area (Å²) < 4.78 is 28.7. The van der Waals surface area contributed by atoms with E-state index in [1.54, 1.807) is 12.2 Å². The molecule has 0 bridgehead atoms. The van der Waals surface area contributed by atoms with E-state index in [1.165, 1.54) is 0 Å². The summed E-state index contributed by atoms with van der Waals surface area (Å²) in [4.78, 5) is 6.74. The summed E-state index contributed by atoms with van der Waals surface area (Å²) in [5.41, 5.74) is 0. The van der Waals surface area contributed by atoms with Gasteiger partial charge in [-0.15, -0.1) is 21.6 Å². The van der Waals surface area contributed by atoms with E-state index in [-0.39, 0.29) is 6.10 Å². The predicted octanol–water partition coefficient (Wildman–Crippen LogP) is 2.53. The topological polar surface area (TPSA) is 57.5 Å². The molecule has 2 N–H and O–H groups in total. The number of hydrogen-bond acceptors (Lipinski definition) is 2. The Hall–Kier alpha value is -0.510.